The van der Waals surface area contributed by atoms with Crippen LogP contribution in [0.1, 0.15) is 16.1 Å². The van der Waals surface area contributed by atoms with Crippen LogP contribution in [-0.4, -0.2) is 10.9 Å². The summed E-state index contributed by atoms with van der Waals surface area (Å²) in [5, 5.41) is 4.41. The Kier molecular flexibility index (Phi) is 3.65. The van der Waals surface area contributed by atoms with Gasteiger partial charge in [0.25, 0.3) is 5.91 Å². The maximum atomic E-state index is 11.7. The third-order valence-corrected chi connectivity index (χ3v) is 3.16. The number of thiazole rings is 1. The Morgan fingerprint density at radius 3 is 2.65 bits per heavy atom. The van der Waals surface area contributed by atoms with Crippen LogP contribution in [0.5, 0.6) is 0 Å². The zero-order valence-electron chi connectivity index (χ0n) is 8.77. The Balaban J connectivity index is 1.98. The fraction of sp³-hybridized carbons (Fsp3) is 0.0909. The van der Waals surface area contributed by atoms with Gasteiger partial charge in [-0.25, -0.2) is 0 Å². The Bertz CT molecular complexity index is 572. The van der Waals surface area contributed by atoms with Gasteiger partial charge in [-0.15, -0.1) is 12.6 Å². The van der Waals surface area contributed by atoms with Gasteiger partial charge in [0.1, 0.15) is 0 Å². The predicted octanol–water partition coefficient (Wildman–Crippen LogP) is 1.66. The summed E-state index contributed by atoms with van der Waals surface area (Å²) in [6.45, 7) is 0.320. The molecular weight excluding hydrogens is 256 g/mol. The molecule has 0 unspecified atom stereocenters. The third kappa shape index (κ3) is 3.21. The molecule has 0 fully saturated rings. The molecule has 1 aromatic carbocycles. The minimum Gasteiger partial charge on any atom is -0.346 e. The van der Waals surface area contributed by atoms with Crippen LogP contribution in [0.2, 0.25) is 0 Å². The highest BCUT2D eigenvalue weighted by Crippen LogP contribution is 2.07. The number of benzene rings is 1. The van der Waals surface area contributed by atoms with Crippen molar-refractivity contribution in [1.29, 1.82) is 0 Å². The van der Waals surface area contributed by atoms with Crippen molar-refractivity contribution in [1.82, 2.24) is 10.3 Å². The third-order valence-electron chi connectivity index (χ3n) is 2.14. The van der Waals surface area contributed by atoms with E-state index in [0.29, 0.717) is 17.8 Å². The highest BCUT2D eigenvalue weighted by atomic mass is 32.1. The van der Waals surface area contributed by atoms with Crippen molar-refractivity contribution < 1.29 is 4.79 Å². The highest BCUT2D eigenvalue weighted by Gasteiger charge is 2.05. The number of H-pyrrole nitrogens is 1. The molecule has 1 aromatic heterocycles. The average molecular weight is 266 g/mol. The van der Waals surface area contributed by atoms with Crippen LogP contribution in [0.4, 0.5) is 0 Å². The SMILES string of the molecule is O=C(NCc1csc(=O)[nH]1)c1ccc(S)cc1. The fourth-order valence-electron chi connectivity index (χ4n) is 1.29. The molecule has 0 saturated heterocycles. The summed E-state index contributed by atoms with van der Waals surface area (Å²) in [4.78, 5) is 25.9. The Labute approximate surface area is 107 Å². The monoisotopic (exact) mass is 266 g/mol. The molecule has 0 spiro atoms. The molecule has 0 aliphatic heterocycles. The van der Waals surface area contributed by atoms with Crippen molar-refractivity contribution in [2.45, 2.75) is 11.4 Å². The molecule has 0 aliphatic rings. The predicted molar refractivity (Wildman–Crippen MR) is 69.8 cm³/mol. The Hall–Kier alpha value is -1.53. The van der Waals surface area contributed by atoms with E-state index in [2.05, 4.69) is 22.9 Å². The van der Waals surface area contributed by atoms with Crippen LogP contribution in [-0.2, 0) is 6.54 Å². The smallest absolute Gasteiger partial charge is 0.304 e. The van der Waals surface area contributed by atoms with E-state index >= 15 is 0 Å². The highest BCUT2D eigenvalue weighted by molar-refractivity contribution is 7.80. The first kappa shape index (κ1) is 11.9. The first-order chi connectivity index (χ1) is 8.15. The summed E-state index contributed by atoms with van der Waals surface area (Å²) in [6.07, 6.45) is 0. The second-order valence-corrected chi connectivity index (χ2v) is 4.76. The van der Waals surface area contributed by atoms with Crippen LogP contribution in [0, 0.1) is 0 Å². The molecule has 0 saturated carbocycles. The maximum absolute atomic E-state index is 11.7. The van der Waals surface area contributed by atoms with Crippen LogP contribution in [0.25, 0.3) is 0 Å². The number of hydrogen-bond acceptors (Lipinski definition) is 4. The van der Waals surface area contributed by atoms with E-state index in [1.807, 2.05) is 0 Å². The van der Waals surface area contributed by atoms with E-state index in [4.69, 9.17) is 0 Å². The van der Waals surface area contributed by atoms with Crippen LogP contribution >= 0.6 is 24.0 Å². The largest absolute Gasteiger partial charge is 0.346 e. The molecule has 2 N–H and O–H groups in total. The van der Waals surface area contributed by atoms with Gasteiger partial charge >= 0.3 is 4.87 Å². The lowest BCUT2D eigenvalue weighted by Gasteiger charge is -2.03. The molecule has 2 rings (SSSR count). The maximum Gasteiger partial charge on any atom is 0.304 e. The van der Waals surface area contributed by atoms with Crippen molar-refractivity contribution in [3.05, 3.63) is 50.6 Å². The summed E-state index contributed by atoms with van der Waals surface area (Å²) in [5.74, 6) is -0.176. The number of aromatic amines is 1. The molecule has 0 aliphatic carbocycles. The van der Waals surface area contributed by atoms with E-state index in [1.54, 1.807) is 29.6 Å². The molecule has 4 nitrogen and oxygen atoms in total. The number of hydrogen-bond donors (Lipinski definition) is 3. The molecule has 2 aromatic rings. The molecule has 1 heterocycles. The average Bonchev–Trinajstić information content (AvgIpc) is 2.73. The number of carbonyl (C=O) groups is 1. The molecule has 0 bridgehead atoms. The lowest BCUT2D eigenvalue weighted by atomic mass is 10.2. The second-order valence-electron chi connectivity index (χ2n) is 3.40. The van der Waals surface area contributed by atoms with Crippen LogP contribution in [0.3, 0.4) is 0 Å². The number of amides is 1. The molecule has 6 heteroatoms. The van der Waals surface area contributed by atoms with Crippen LogP contribution in [0.15, 0.2) is 39.3 Å². The first-order valence-corrected chi connectivity index (χ1v) is 6.22. The van der Waals surface area contributed by atoms with Gasteiger partial charge in [-0.05, 0) is 24.3 Å². The molecule has 1 amide bonds. The molecule has 17 heavy (non-hydrogen) atoms. The number of nitrogens with one attached hydrogen (secondary N) is 2. The Morgan fingerprint density at radius 2 is 2.06 bits per heavy atom. The normalized spacial score (nSPS) is 10.2. The van der Waals surface area contributed by atoms with E-state index in [-0.39, 0.29) is 10.8 Å². The fourth-order valence-corrected chi connectivity index (χ4v) is 2.02. The van der Waals surface area contributed by atoms with Gasteiger partial charge in [-0.1, -0.05) is 11.3 Å². The first-order valence-electron chi connectivity index (χ1n) is 4.89. The standard InChI is InChI=1S/C11H10N2O2S2/c14-10(7-1-3-9(16)4-2-7)12-5-8-6-17-11(15)13-8/h1-4,6,16H,5H2,(H,12,14)(H,13,15). The topological polar surface area (TPSA) is 62.0 Å². The molecular formula is C11H10N2O2S2. The van der Waals surface area contributed by atoms with Gasteiger partial charge in [-0.3, -0.25) is 9.59 Å². The van der Waals surface area contributed by atoms with Gasteiger partial charge in [-0.2, -0.15) is 0 Å². The zero-order valence-corrected chi connectivity index (χ0v) is 10.5. The van der Waals surface area contributed by atoms with Gasteiger partial charge < -0.3 is 10.3 Å². The van der Waals surface area contributed by atoms with E-state index in [1.165, 1.54) is 0 Å². The molecule has 0 radical (unpaired) electrons. The van der Waals surface area contributed by atoms with Gasteiger partial charge in [0, 0.05) is 21.5 Å². The lowest BCUT2D eigenvalue weighted by molar-refractivity contribution is 0.0950. The van der Waals surface area contributed by atoms with Crippen molar-refractivity contribution in [3.8, 4) is 0 Å². The van der Waals surface area contributed by atoms with E-state index in [0.717, 1.165) is 16.2 Å². The minimum atomic E-state index is -0.176. The van der Waals surface area contributed by atoms with Gasteiger partial charge in [0.05, 0.1) is 6.54 Å². The molecule has 0 atom stereocenters. The number of aromatic nitrogens is 1. The van der Waals surface area contributed by atoms with Gasteiger partial charge in [0.2, 0.25) is 0 Å². The van der Waals surface area contributed by atoms with Crippen LogP contribution < -0.4 is 10.2 Å². The number of rotatable bonds is 3. The summed E-state index contributed by atoms with van der Waals surface area (Å²) < 4.78 is 0. The summed E-state index contributed by atoms with van der Waals surface area (Å²) in [6, 6.07) is 6.91. The van der Waals surface area contributed by atoms with Gasteiger partial charge in [0.15, 0.2) is 0 Å². The summed E-state index contributed by atoms with van der Waals surface area (Å²) >= 11 is 5.22. The molecule has 88 valence electrons. The number of carbonyl (C=O) groups excluding carboxylic acids is 1. The van der Waals surface area contributed by atoms with Crippen molar-refractivity contribution in [2.75, 3.05) is 0 Å². The van der Waals surface area contributed by atoms with E-state index in [9.17, 15) is 9.59 Å². The minimum absolute atomic E-state index is 0.117. The van der Waals surface area contributed by atoms with Crippen molar-refractivity contribution in [3.63, 3.8) is 0 Å². The summed E-state index contributed by atoms with van der Waals surface area (Å²) in [5.41, 5.74) is 1.28. The lowest BCUT2D eigenvalue weighted by Crippen LogP contribution is -2.23. The Morgan fingerprint density at radius 1 is 1.35 bits per heavy atom. The quantitative estimate of drug-likeness (QED) is 0.740. The van der Waals surface area contributed by atoms with Crippen molar-refractivity contribution >= 4 is 29.9 Å². The zero-order chi connectivity index (χ0) is 12.3. The summed E-state index contributed by atoms with van der Waals surface area (Å²) in [7, 11) is 0. The van der Waals surface area contributed by atoms with E-state index < -0.39 is 0 Å². The second kappa shape index (κ2) is 5.20. The van der Waals surface area contributed by atoms with Crippen molar-refractivity contribution in [2.24, 2.45) is 0 Å². The number of thiol groups is 1.